The first-order valence-electron chi connectivity index (χ1n) is 8.98. The first kappa shape index (κ1) is 18.9. The lowest BCUT2D eigenvalue weighted by molar-refractivity contribution is 0.0716. The van der Waals surface area contributed by atoms with Crippen LogP contribution >= 0.6 is 0 Å². The van der Waals surface area contributed by atoms with E-state index in [-0.39, 0.29) is 17.4 Å². The number of rotatable bonds is 3. The molecule has 2 aromatic rings. The molecular formula is C21H23FN2O3. The van der Waals surface area contributed by atoms with E-state index >= 15 is 0 Å². The Morgan fingerprint density at radius 2 is 1.67 bits per heavy atom. The van der Waals surface area contributed by atoms with Gasteiger partial charge in [-0.25, -0.2) is 4.39 Å². The predicted molar refractivity (Wildman–Crippen MR) is 101 cm³/mol. The van der Waals surface area contributed by atoms with E-state index in [1.54, 1.807) is 15.9 Å². The molecule has 2 aromatic carbocycles. The second-order valence-electron chi connectivity index (χ2n) is 6.65. The highest BCUT2D eigenvalue weighted by molar-refractivity contribution is 5.97. The standard InChI is InChI=1S/C21H23FN2O3/c1-15-5-3-6-16(13-15)20(25)23-9-4-10-24(12-11-23)21(26)18-14-17(22)7-8-19(18)27-2/h3,5-8,13-14H,4,9-12H2,1-2H3. The summed E-state index contributed by atoms with van der Waals surface area (Å²) in [7, 11) is 1.45. The third-order valence-corrected chi connectivity index (χ3v) is 4.73. The van der Waals surface area contributed by atoms with Crippen molar-refractivity contribution in [1.29, 1.82) is 0 Å². The molecule has 3 rings (SSSR count). The van der Waals surface area contributed by atoms with Crippen LogP contribution in [0.15, 0.2) is 42.5 Å². The minimum Gasteiger partial charge on any atom is -0.496 e. The molecule has 5 nitrogen and oxygen atoms in total. The van der Waals surface area contributed by atoms with Crippen LogP contribution in [-0.4, -0.2) is 54.9 Å². The molecule has 1 saturated heterocycles. The zero-order valence-corrected chi connectivity index (χ0v) is 15.6. The highest BCUT2D eigenvalue weighted by atomic mass is 19.1. The normalized spacial score (nSPS) is 14.6. The van der Waals surface area contributed by atoms with Crippen LogP contribution in [-0.2, 0) is 0 Å². The van der Waals surface area contributed by atoms with Crippen molar-refractivity contribution in [3.63, 3.8) is 0 Å². The fourth-order valence-electron chi connectivity index (χ4n) is 3.30. The Kier molecular flexibility index (Phi) is 5.74. The first-order valence-corrected chi connectivity index (χ1v) is 8.98. The molecule has 0 N–H and O–H groups in total. The lowest BCUT2D eigenvalue weighted by Crippen LogP contribution is -2.37. The maximum absolute atomic E-state index is 13.6. The number of hydrogen-bond acceptors (Lipinski definition) is 3. The van der Waals surface area contributed by atoms with Gasteiger partial charge in [-0.05, 0) is 43.7 Å². The highest BCUT2D eigenvalue weighted by Crippen LogP contribution is 2.22. The molecule has 2 amide bonds. The van der Waals surface area contributed by atoms with E-state index in [2.05, 4.69) is 0 Å². The average Bonchev–Trinajstić information content (AvgIpc) is 2.93. The van der Waals surface area contributed by atoms with Crippen molar-refractivity contribution in [2.75, 3.05) is 33.3 Å². The van der Waals surface area contributed by atoms with Crippen molar-refractivity contribution in [2.24, 2.45) is 0 Å². The molecule has 0 bridgehead atoms. The molecule has 0 aliphatic carbocycles. The fraction of sp³-hybridized carbons (Fsp3) is 0.333. The molecule has 27 heavy (non-hydrogen) atoms. The van der Waals surface area contributed by atoms with Gasteiger partial charge in [0.05, 0.1) is 12.7 Å². The molecule has 1 fully saturated rings. The summed E-state index contributed by atoms with van der Waals surface area (Å²) in [5.74, 6) is -0.448. The molecule has 142 valence electrons. The van der Waals surface area contributed by atoms with Crippen molar-refractivity contribution >= 4 is 11.8 Å². The highest BCUT2D eigenvalue weighted by Gasteiger charge is 2.25. The number of halogens is 1. The first-order chi connectivity index (χ1) is 13.0. The summed E-state index contributed by atoms with van der Waals surface area (Å²) in [5, 5.41) is 0. The Labute approximate surface area is 158 Å². The Morgan fingerprint density at radius 3 is 2.33 bits per heavy atom. The van der Waals surface area contributed by atoms with Crippen LogP contribution < -0.4 is 4.74 Å². The summed E-state index contributed by atoms with van der Waals surface area (Å²) in [4.78, 5) is 29.0. The number of carbonyl (C=O) groups excluding carboxylic acids is 2. The molecule has 0 aromatic heterocycles. The van der Waals surface area contributed by atoms with E-state index in [4.69, 9.17) is 4.74 Å². The van der Waals surface area contributed by atoms with Gasteiger partial charge in [0.1, 0.15) is 11.6 Å². The summed E-state index contributed by atoms with van der Waals surface area (Å²) in [5.41, 5.74) is 1.89. The van der Waals surface area contributed by atoms with Crippen molar-refractivity contribution in [1.82, 2.24) is 9.80 Å². The number of benzene rings is 2. The minimum atomic E-state index is -0.481. The molecule has 0 radical (unpaired) electrons. The van der Waals surface area contributed by atoms with Crippen LogP contribution in [0.5, 0.6) is 5.75 Å². The molecule has 0 spiro atoms. The molecule has 1 heterocycles. The van der Waals surface area contributed by atoms with Crippen molar-refractivity contribution in [3.8, 4) is 5.75 Å². The molecular weight excluding hydrogens is 347 g/mol. The Balaban J connectivity index is 1.72. The van der Waals surface area contributed by atoms with E-state index < -0.39 is 5.82 Å². The summed E-state index contributed by atoms with van der Waals surface area (Å²) < 4.78 is 18.8. The van der Waals surface area contributed by atoms with E-state index in [1.807, 2.05) is 25.1 Å². The van der Waals surface area contributed by atoms with Gasteiger partial charge in [0.2, 0.25) is 0 Å². The number of amides is 2. The van der Waals surface area contributed by atoms with Crippen molar-refractivity contribution < 1.29 is 18.7 Å². The zero-order valence-electron chi connectivity index (χ0n) is 15.6. The van der Waals surface area contributed by atoms with Crippen LogP contribution in [0.4, 0.5) is 4.39 Å². The largest absolute Gasteiger partial charge is 0.496 e. The van der Waals surface area contributed by atoms with E-state index in [9.17, 15) is 14.0 Å². The van der Waals surface area contributed by atoms with Gasteiger partial charge >= 0.3 is 0 Å². The van der Waals surface area contributed by atoms with E-state index in [0.717, 1.165) is 5.56 Å². The Bertz CT molecular complexity index is 853. The maximum Gasteiger partial charge on any atom is 0.257 e. The Morgan fingerprint density at radius 1 is 0.963 bits per heavy atom. The quantitative estimate of drug-likeness (QED) is 0.834. The second-order valence-corrected chi connectivity index (χ2v) is 6.65. The van der Waals surface area contributed by atoms with Gasteiger partial charge in [-0.2, -0.15) is 0 Å². The number of ether oxygens (including phenoxy) is 1. The van der Waals surface area contributed by atoms with E-state index in [1.165, 1.54) is 25.3 Å². The SMILES string of the molecule is COc1ccc(F)cc1C(=O)N1CCCN(C(=O)c2cccc(C)c2)CC1. The van der Waals surface area contributed by atoms with Gasteiger partial charge in [0.25, 0.3) is 11.8 Å². The van der Waals surface area contributed by atoms with Gasteiger partial charge in [-0.1, -0.05) is 17.7 Å². The lowest BCUT2D eigenvalue weighted by Gasteiger charge is -2.23. The minimum absolute atomic E-state index is 0.0312. The number of aryl methyl sites for hydroxylation is 1. The van der Waals surface area contributed by atoms with Crippen molar-refractivity contribution in [2.45, 2.75) is 13.3 Å². The van der Waals surface area contributed by atoms with Gasteiger partial charge in [-0.15, -0.1) is 0 Å². The van der Waals surface area contributed by atoms with Gasteiger partial charge in [0.15, 0.2) is 0 Å². The third-order valence-electron chi connectivity index (χ3n) is 4.73. The van der Waals surface area contributed by atoms with Gasteiger partial charge in [-0.3, -0.25) is 9.59 Å². The number of carbonyl (C=O) groups is 2. The molecule has 6 heteroatoms. The predicted octanol–water partition coefficient (Wildman–Crippen LogP) is 3.13. The monoisotopic (exact) mass is 370 g/mol. The molecule has 0 atom stereocenters. The molecule has 0 saturated carbocycles. The Hall–Kier alpha value is -2.89. The maximum atomic E-state index is 13.6. The molecule has 0 unspecified atom stereocenters. The average molecular weight is 370 g/mol. The smallest absolute Gasteiger partial charge is 0.257 e. The number of methoxy groups -OCH3 is 1. The van der Waals surface area contributed by atoms with E-state index in [0.29, 0.717) is 43.9 Å². The third kappa shape index (κ3) is 4.27. The number of hydrogen-bond donors (Lipinski definition) is 0. The van der Waals surface area contributed by atoms with Crippen LogP contribution in [0.3, 0.4) is 0 Å². The summed E-state index contributed by atoms with van der Waals surface area (Å²) in [6, 6.07) is 11.4. The topological polar surface area (TPSA) is 49.9 Å². The number of nitrogens with zero attached hydrogens (tertiary/aromatic N) is 2. The second kappa shape index (κ2) is 8.20. The summed E-state index contributed by atoms with van der Waals surface area (Å²) in [6.45, 7) is 3.88. The lowest BCUT2D eigenvalue weighted by atomic mass is 10.1. The fourth-order valence-corrected chi connectivity index (χ4v) is 3.30. The van der Waals surface area contributed by atoms with Crippen LogP contribution in [0.25, 0.3) is 0 Å². The van der Waals surface area contributed by atoms with Crippen molar-refractivity contribution in [3.05, 3.63) is 65.0 Å². The van der Waals surface area contributed by atoms with Gasteiger partial charge in [0, 0.05) is 31.7 Å². The molecule has 1 aliphatic heterocycles. The zero-order chi connectivity index (χ0) is 19.4. The van der Waals surface area contributed by atoms with Crippen LogP contribution in [0.2, 0.25) is 0 Å². The summed E-state index contributed by atoms with van der Waals surface area (Å²) >= 11 is 0. The molecule has 1 aliphatic rings. The van der Waals surface area contributed by atoms with Crippen LogP contribution in [0.1, 0.15) is 32.7 Å². The summed E-state index contributed by atoms with van der Waals surface area (Å²) in [6.07, 6.45) is 0.668. The van der Waals surface area contributed by atoms with Gasteiger partial charge < -0.3 is 14.5 Å². The van der Waals surface area contributed by atoms with Crippen LogP contribution in [0, 0.1) is 12.7 Å².